The fraction of sp³-hybridized carbons (Fsp3) is 0.250. The summed E-state index contributed by atoms with van der Waals surface area (Å²) < 4.78 is 33.7. The van der Waals surface area contributed by atoms with Crippen molar-refractivity contribution in [2.45, 2.75) is 6.54 Å². The van der Waals surface area contributed by atoms with Crippen molar-refractivity contribution in [1.29, 1.82) is 0 Å². The number of imidazole rings is 1. The largest absolute Gasteiger partial charge is 0.383 e. The number of hydrogen-bond acceptors (Lipinski definition) is 3. The first kappa shape index (κ1) is 14.0. The van der Waals surface area contributed by atoms with E-state index in [1.807, 2.05) is 0 Å². The van der Waals surface area contributed by atoms with E-state index < -0.39 is 11.6 Å². The van der Waals surface area contributed by atoms with E-state index in [1.165, 1.54) is 6.07 Å². The Bertz CT molecular complexity index is 551. The van der Waals surface area contributed by atoms with Gasteiger partial charge in [-0.2, -0.15) is 0 Å². The van der Waals surface area contributed by atoms with Gasteiger partial charge in [0, 0.05) is 36.6 Å². The van der Waals surface area contributed by atoms with Gasteiger partial charge in [0.05, 0.1) is 12.3 Å². The van der Waals surface area contributed by atoms with E-state index in [0.29, 0.717) is 23.6 Å². The number of halogens is 3. The van der Waals surface area contributed by atoms with Crippen LogP contribution in [0.2, 0.25) is 0 Å². The van der Waals surface area contributed by atoms with Crippen LogP contribution in [0.15, 0.2) is 29.0 Å². The third kappa shape index (κ3) is 3.30. The van der Waals surface area contributed by atoms with Crippen LogP contribution in [0.25, 0.3) is 0 Å². The fourth-order valence-corrected chi connectivity index (χ4v) is 2.08. The molecular formula is C12H12BrF2N3O. The summed E-state index contributed by atoms with van der Waals surface area (Å²) in [4.78, 5) is 4.08. The highest BCUT2D eigenvalue weighted by molar-refractivity contribution is 9.10. The summed E-state index contributed by atoms with van der Waals surface area (Å²) in [7, 11) is 1.60. The van der Waals surface area contributed by atoms with Gasteiger partial charge in [-0.05, 0) is 22.0 Å². The molecule has 102 valence electrons. The molecule has 2 rings (SSSR count). The number of anilines is 2. The summed E-state index contributed by atoms with van der Waals surface area (Å²) in [6, 6.07) is 2.00. The summed E-state index contributed by atoms with van der Waals surface area (Å²) in [6.07, 6.45) is 3.34. The average molecular weight is 332 g/mol. The Morgan fingerprint density at radius 1 is 1.42 bits per heavy atom. The second kappa shape index (κ2) is 6.12. The van der Waals surface area contributed by atoms with Crippen molar-refractivity contribution in [2.24, 2.45) is 0 Å². The first-order valence-electron chi connectivity index (χ1n) is 5.53. The van der Waals surface area contributed by atoms with Crippen LogP contribution < -0.4 is 5.32 Å². The van der Waals surface area contributed by atoms with Crippen LogP contribution in [0, 0.1) is 11.6 Å². The summed E-state index contributed by atoms with van der Waals surface area (Å²) in [5.41, 5.74) is 0.145. The van der Waals surface area contributed by atoms with Crippen molar-refractivity contribution in [2.75, 3.05) is 19.0 Å². The summed E-state index contributed by atoms with van der Waals surface area (Å²) >= 11 is 3.12. The van der Waals surface area contributed by atoms with Crippen LogP contribution in [0.1, 0.15) is 0 Å². The van der Waals surface area contributed by atoms with Gasteiger partial charge in [0.25, 0.3) is 0 Å². The van der Waals surface area contributed by atoms with Crippen molar-refractivity contribution in [3.8, 4) is 0 Å². The van der Waals surface area contributed by atoms with Gasteiger partial charge in [-0.15, -0.1) is 0 Å². The molecule has 1 aromatic carbocycles. The molecule has 0 saturated heterocycles. The molecule has 0 aliphatic rings. The Labute approximate surface area is 117 Å². The van der Waals surface area contributed by atoms with Gasteiger partial charge in [-0.3, -0.25) is 0 Å². The second-order valence-electron chi connectivity index (χ2n) is 3.81. The van der Waals surface area contributed by atoms with Gasteiger partial charge in [0.15, 0.2) is 5.82 Å². The molecule has 0 fully saturated rings. The van der Waals surface area contributed by atoms with E-state index in [4.69, 9.17) is 4.74 Å². The average Bonchev–Trinajstić information content (AvgIpc) is 2.78. The van der Waals surface area contributed by atoms with E-state index in [9.17, 15) is 8.78 Å². The van der Waals surface area contributed by atoms with Crippen molar-refractivity contribution >= 4 is 27.6 Å². The molecule has 1 N–H and O–H groups in total. The zero-order chi connectivity index (χ0) is 13.8. The number of aromatic nitrogens is 2. The smallest absolute Gasteiger partial charge is 0.207 e. The molecule has 7 heteroatoms. The quantitative estimate of drug-likeness (QED) is 0.913. The lowest BCUT2D eigenvalue weighted by Crippen LogP contribution is -2.08. The molecule has 0 bridgehead atoms. The van der Waals surface area contributed by atoms with Crippen LogP contribution >= 0.6 is 15.9 Å². The van der Waals surface area contributed by atoms with E-state index in [2.05, 4.69) is 26.2 Å². The molecule has 2 aromatic rings. The monoisotopic (exact) mass is 331 g/mol. The topological polar surface area (TPSA) is 39.1 Å². The zero-order valence-corrected chi connectivity index (χ0v) is 11.7. The zero-order valence-electron chi connectivity index (χ0n) is 10.2. The normalized spacial score (nSPS) is 10.7. The maximum absolute atomic E-state index is 13.7. The number of rotatable bonds is 5. The number of methoxy groups -OCH3 is 1. The molecule has 0 aliphatic heterocycles. The molecule has 19 heavy (non-hydrogen) atoms. The van der Waals surface area contributed by atoms with Crippen molar-refractivity contribution in [1.82, 2.24) is 9.55 Å². The van der Waals surface area contributed by atoms with Gasteiger partial charge < -0.3 is 14.6 Å². The Morgan fingerprint density at radius 3 is 2.89 bits per heavy atom. The molecule has 0 unspecified atom stereocenters. The van der Waals surface area contributed by atoms with Gasteiger partial charge in [0.1, 0.15) is 5.82 Å². The van der Waals surface area contributed by atoms with E-state index >= 15 is 0 Å². The first-order valence-corrected chi connectivity index (χ1v) is 6.32. The van der Waals surface area contributed by atoms with Crippen LogP contribution in [0.3, 0.4) is 0 Å². The Morgan fingerprint density at radius 2 is 2.21 bits per heavy atom. The highest BCUT2D eigenvalue weighted by atomic mass is 79.9. The Balaban J connectivity index is 2.24. The van der Waals surface area contributed by atoms with Gasteiger partial charge in [0.2, 0.25) is 5.95 Å². The molecule has 0 saturated carbocycles. The lowest BCUT2D eigenvalue weighted by Gasteiger charge is -2.11. The highest BCUT2D eigenvalue weighted by Crippen LogP contribution is 2.29. The first-order chi connectivity index (χ1) is 9.11. The number of ether oxygens (including phenoxy) is 1. The fourth-order valence-electron chi connectivity index (χ4n) is 1.58. The van der Waals surface area contributed by atoms with Crippen LogP contribution in [0.5, 0.6) is 0 Å². The minimum Gasteiger partial charge on any atom is -0.383 e. The van der Waals surface area contributed by atoms with Crippen molar-refractivity contribution in [3.63, 3.8) is 0 Å². The predicted octanol–water partition coefficient (Wildman–Crippen LogP) is 3.31. The second-order valence-corrected chi connectivity index (χ2v) is 4.66. The lowest BCUT2D eigenvalue weighted by atomic mass is 10.3. The number of hydrogen-bond donors (Lipinski definition) is 1. The van der Waals surface area contributed by atoms with Crippen molar-refractivity contribution in [3.05, 3.63) is 40.6 Å². The molecule has 1 heterocycles. The molecule has 0 atom stereocenters. The van der Waals surface area contributed by atoms with Gasteiger partial charge in [-0.25, -0.2) is 13.8 Å². The number of nitrogens with zero attached hydrogens (tertiary/aromatic N) is 2. The molecule has 0 spiro atoms. The van der Waals surface area contributed by atoms with Crippen molar-refractivity contribution < 1.29 is 13.5 Å². The van der Waals surface area contributed by atoms with E-state index in [-0.39, 0.29) is 5.69 Å². The maximum Gasteiger partial charge on any atom is 0.207 e. The summed E-state index contributed by atoms with van der Waals surface area (Å²) in [5, 5.41) is 2.83. The maximum atomic E-state index is 13.7. The predicted molar refractivity (Wildman–Crippen MR) is 71.4 cm³/mol. The summed E-state index contributed by atoms with van der Waals surface area (Å²) in [5.74, 6) is -0.867. The Hall–Kier alpha value is -1.47. The number of nitrogens with one attached hydrogen (secondary N) is 1. The third-order valence-electron chi connectivity index (χ3n) is 2.50. The van der Waals surface area contributed by atoms with E-state index in [0.717, 1.165) is 6.07 Å². The molecule has 1 aromatic heterocycles. The Kier molecular flexibility index (Phi) is 4.49. The standard InChI is InChI=1S/C12H12BrF2N3O/c1-19-5-4-18-3-2-16-12(18)17-11-9(13)6-8(14)7-10(11)15/h2-3,6-7H,4-5H2,1H3,(H,16,17). The van der Waals surface area contributed by atoms with Crippen LogP contribution in [0.4, 0.5) is 20.4 Å². The lowest BCUT2D eigenvalue weighted by molar-refractivity contribution is 0.188. The molecule has 4 nitrogen and oxygen atoms in total. The molecular weight excluding hydrogens is 320 g/mol. The molecule has 0 aliphatic carbocycles. The third-order valence-corrected chi connectivity index (χ3v) is 3.12. The number of benzene rings is 1. The van der Waals surface area contributed by atoms with Crippen LogP contribution in [-0.2, 0) is 11.3 Å². The SMILES string of the molecule is COCCn1ccnc1Nc1c(F)cc(F)cc1Br. The van der Waals surface area contributed by atoms with Gasteiger partial charge in [-0.1, -0.05) is 0 Å². The minimum atomic E-state index is -0.687. The van der Waals surface area contributed by atoms with Gasteiger partial charge >= 0.3 is 0 Å². The highest BCUT2D eigenvalue weighted by Gasteiger charge is 2.12. The van der Waals surface area contributed by atoms with E-state index in [1.54, 1.807) is 24.1 Å². The minimum absolute atomic E-state index is 0.145. The summed E-state index contributed by atoms with van der Waals surface area (Å²) in [6.45, 7) is 1.09. The molecule has 0 amide bonds. The molecule has 0 radical (unpaired) electrons. The van der Waals surface area contributed by atoms with Crippen LogP contribution in [-0.4, -0.2) is 23.3 Å².